The summed E-state index contributed by atoms with van der Waals surface area (Å²) in [5.41, 5.74) is 0. The normalized spacial score (nSPS) is 8.00. The van der Waals surface area contributed by atoms with Gasteiger partial charge in [-0.05, 0) is 13.8 Å². The van der Waals surface area contributed by atoms with Crippen molar-refractivity contribution in [3.63, 3.8) is 0 Å². The molecule has 0 aliphatic carbocycles. The second-order valence-corrected chi connectivity index (χ2v) is 3.38. The van der Waals surface area contributed by atoms with Gasteiger partial charge in [0.25, 0.3) is 0 Å². The van der Waals surface area contributed by atoms with Crippen LogP contribution in [0.4, 0.5) is 0 Å². The molecule has 0 unspecified atom stereocenters. The van der Waals surface area contributed by atoms with Crippen LogP contribution in [-0.2, 0) is 29.3 Å². The number of carbonyl (C=O) groups excluding carboxylic acids is 3. The van der Waals surface area contributed by atoms with Gasteiger partial charge < -0.3 is 4.79 Å². The predicted molar refractivity (Wildman–Crippen MR) is 37.7 cm³/mol. The summed E-state index contributed by atoms with van der Waals surface area (Å²) in [4.78, 5) is 29.4. The maximum atomic E-state index is 9.99. The van der Waals surface area contributed by atoms with Gasteiger partial charge in [0.05, 0.1) is 0 Å². The van der Waals surface area contributed by atoms with Crippen molar-refractivity contribution in [3.05, 3.63) is 0 Å². The zero-order valence-corrected chi connectivity index (χ0v) is 7.97. The van der Waals surface area contributed by atoms with Gasteiger partial charge in [-0.1, -0.05) is 0 Å². The Morgan fingerprint density at radius 3 is 1.00 bits per heavy atom. The molecular formula is C7H12CuO3. The number of hydrogen-bond donors (Lipinski definition) is 0. The molecule has 69 valence electrons. The number of hydrogen-bond acceptors (Lipinski definition) is 3. The third-order valence-electron chi connectivity index (χ3n) is 0.212. The Balaban J connectivity index is 0. The SMILES string of the molecule is CC(C)=O.C[C](=O)[Cu][C](C)=O. The van der Waals surface area contributed by atoms with Crippen LogP contribution in [0.5, 0.6) is 0 Å². The number of ketones is 1. The first-order valence-corrected chi connectivity index (χ1v) is 3.86. The van der Waals surface area contributed by atoms with E-state index in [9.17, 15) is 14.4 Å². The molecule has 0 amide bonds. The van der Waals surface area contributed by atoms with Crippen LogP contribution in [0.1, 0.15) is 27.7 Å². The van der Waals surface area contributed by atoms with Crippen LogP contribution in [0.25, 0.3) is 0 Å². The molecule has 0 aliphatic heterocycles. The molecule has 0 spiro atoms. The van der Waals surface area contributed by atoms with Crippen molar-refractivity contribution in [2.45, 2.75) is 27.7 Å². The first kappa shape index (κ1) is 13.1. The van der Waals surface area contributed by atoms with E-state index >= 15 is 0 Å². The Kier molecular flexibility index (Phi) is 9.12. The maximum absolute atomic E-state index is 9.99. The van der Waals surface area contributed by atoms with Crippen molar-refractivity contribution in [3.8, 4) is 0 Å². The quantitative estimate of drug-likeness (QED) is 0.629. The molecule has 3 nitrogen and oxygen atoms in total. The average molecular weight is 208 g/mol. The van der Waals surface area contributed by atoms with Crippen LogP contribution in [0.2, 0.25) is 0 Å². The third kappa shape index (κ3) is 43.4. The van der Waals surface area contributed by atoms with Crippen molar-refractivity contribution in [2.24, 2.45) is 0 Å². The fourth-order valence-electron chi connectivity index (χ4n) is 0.149. The molecule has 0 aromatic heterocycles. The van der Waals surface area contributed by atoms with Crippen molar-refractivity contribution in [2.75, 3.05) is 0 Å². The molecule has 0 saturated heterocycles. The molecule has 0 rings (SSSR count). The Hall–Kier alpha value is -0.471. The van der Waals surface area contributed by atoms with Gasteiger partial charge in [-0.25, -0.2) is 0 Å². The van der Waals surface area contributed by atoms with Gasteiger partial charge in [-0.15, -0.1) is 0 Å². The van der Waals surface area contributed by atoms with Crippen LogP contribution in [0, 0.1) is 0 Å². The van der Waals surface area contributed by atoms with Crippen LogP contribution < -0.4 is 0 Å². The van der Waals surface area contributed by atoms with Crippen LogP contribution >= 0.6 is 0 Å². The molecule has 0 N–H and O–H groups in total. The molecule has 11 heavy (non-hydrogen) atoms. The molecular weight excluding hydrogens is 196 g/mol. The zero-order chi connectivity index (χ0) is 9.44. The van der Waals surface area contributed by atoms with E-state index in [1.54, 1.807) is 0 Å². The van der Waals surface area contributed by atoms with Crippen molar-refractivity contribution >= 4 is 15.1 Å². The Morgan fingerprint density at radius 1 is 0.818 bits per heavy atom. The summed E-state index contributed by atoms with van der Waals surface area (Å²) in [7, 11) is 0. The van der Waals surface area contributed by atoms with Gasteiger partial charge in [0, 0.05) is 0 Å². The molecule has 0 fully saturated rings. The first-order chi connectivity index (χ1) is 4.86. The molecule has 0 saturated carbocycles. The van der Waals surface area contributed by atoms with E-state index in [1.165, 1.54) is 27.7 Å². The number of rotatable bonds is 2. The van der Waals surface area contributed by atoms with E-state index in [0.717, 1.165) is 15.0 Å². The van der Waals surface area contributed by atoms with Crippen molar-refractivity contribution in [1.29, 1.82) is 0 Å². The van der Waals surface area contributed by atoms with Crippen LogP contribution in [0.3, 0.4) is 0 Å². The summed E-state index contributed by atoms with van der Waals surface area (Å²) in [6, 6.07) is 0. The second kappa shape index (κ2) is 7.63. The molecule has 4 heteroatoms. The van der Waals surface area contributed by atoms with E-state index < -0.39 is 0 Å². The molecule has 0 radical (unpaired) electrons. The summed E-state index contributed by atoms with van der Waals surface area (Å²) in [5, 5.41) is 0. The standard InChI is InChI=1S/C3H6O.2C2H3O.Cu/c1-3(2)4;2*1-2-3;/h1-2H3;2*1H3;. The molecule has 0 aliphatic rings. The zero-order valence-electron chi connectivity index (χ0n) is 7.03. The van der Waals surface area contributed by atoms with Gasteiger partial charge in [-0.3, -0.25) is 0 Å². The summed E-state index contributed by atoms with van der Waals surface area (Å²) in [6.07, 6.45) is 0. The molecule has 0 bridgehead atoms. The second-order valence-electron chi connectivity index (χ2n) is 1.82. The van der Waals surface area contributed by atoms with E-state index in [1.807, 2.05) is 0 Å². The van der Waals surface area contributed by atoms with Gasteiger partial charge in [-0.2, -0.15) is 0 Å². The summed E-state index contributed by atoms with van der Waals surface area (Å²) < 4.78 is -0.312. The van der Waals surface area contributed by atoms with E-state index in [-0.39, 0.29) is 15.1 Å². The van der Waals surface area contributed by atoms with Crippen molar-refractivity contribution < 1.29 is 29.3 Å². The fraction of sp³-hybridized carbons (Fsp3) is 0.571. The molecule has 0 aromatic carbocycles. The van der Waals surface area contributed by atoms with Gasteiger partial charge in [0.2, 0.25) is 0 Å². The topological polar surface area (TPSA) is 51.2 Å². The van der Waals surface area contributed by atoms with Crippen LogP contribution in [-0.4, -0.2) is 15.1 Å². The Labute approximate surface area is 72.7 Å². The average Bonchev–Trinajstić information content (AvgIpc) is 1.56. The molecule has 0 heterocycles. The minimum absolute atomic E-state index is 0.156. The minimum atomic E-state index is -0.156. The van der Waals surface area contributed by atoms with E-state index in [0.29, 0.717) is 0 Å². The summed E-state index contributed by atoms with van der Waals surface area (Å²) >= 11 is 0.812. The van der Waals surface area contributed by atoms with Crippen molar-refractivity contribution in [1.82, 2.24) is 0 Å². The third-order valence-corrected chi connectivity index (χ3v) is 0.875. The molecule has 0 atom stereocenters. The molecule has 0 aromatic rings. The number of Topliss-reactive ketones (excluding diaryl/α,β-unsaturated/α-hetero) is 1. The van der Waals surface area contributed by atoms with Crippen LogP contribution in [0.15, 0.2) is 0 Å². The first-order valence-electron chi connectivity index (χ1n) is 2.91. The van der Waals surface area contributed by atoms with E-state index in [4.69, 9.17) is 0 Å². The Morgan fingerprint density at radius 2 is 1.00 bits per heavy atom. The fourth-order valence-corrected chi connectivity index (χ4v) is 0.616. The van der Waals surface area contributed by atoms with E-state index in [2.05, 4.69) is 0 Å². The Bertz CT molecular complexity index is 147. The van der Waals surface area contributed by atoms with Gasteiger partial charge >= 0.3 is 47.8 Å². The van der Waals surface area contributed by atoms with Gasteiger partial charge in [0.1, 0.15) is 5.78 Å². The summed E-state index contributed by atoms with van der Waals surface area (Å²) in [5.74, 6) is 0.167. The number of carbonyl (C=O) groups is 3. The monoisotopic (exact) mass is 207 g/mol. The predicted octanol–water partition coefficient (Wildman–Crippen LogP) is 0.757. The van der Waals surface area contributed by atoms with Gasteiger partial charge in [0.15, 0.2) is 0 Å². The summed E-state index contributed by atoms with van der Waals surface area (Å²) in [6.45, 7) is 5.78.